The molecule has 1 amide bonds. The third-order valence-corrected chi connectivity index (χ3v) is 8.58. The van der Waals surface area contributed by atoms with E-state index in [9.17, 15) is 19.1 Å². The van der Waals surface area contributed by atoms with Gasteiger partial charge in [-0.1, -0.05) is 36.4 Å². The monoisotopic (exact) mass is 656 g/mol. The second-order valence-corrected chi connectivity index (χ2v) is 13.6. The Labute approximate surface area is 277 Å². The van der Waals surface area contributed by atoms with Crippen molar-refractivity contribution in [1.82, 2.24) is 39.7 Å². The van der Waals surface area contributed by atoms with Crippen molar-refractivity contribution in [1.29, 1.82) is 0 Å². The van der Waals surface area contributed by atoms with E-state index in [-0.39, 0.29) is 23.4 Å². The number of fused-ring (bicyclic) bond motifs is 1. The summed E-state index contributed by atoms with van der Waals surface area (Å²) >= 11 is 0. The van der Waals surface area contributed by atoms with E-state index in [4.69, 9.17) is 4.74 Å². The number of carbonyl (C=O) groups is 1. The summed E-state index contributed by atoms with van der Waals surface area (Å²) in [5.41, 5.74) is 3.96. The van der Waals surface area contributed by atoms with E-state index >= 15 is 0 Å². The molecule has 0 saturated carbocycles. The fourth-order valence-corrected chi connectivity index (χ4v) is 6.04. The summed E-state index contributed by atoms with van der Waals surface area (Å²) < 4.78 is 23.3. The molecule has 1 aliphatic heterocycles. The second kappa shape index (κ2) is 13.0. The van der Waals surface area contributed by atoms with E-state index < -0.39 is 17.3 Å². The molecule has 0 unspecified atom stereocenters. The van der Waals surface area contributed by atoms with Gasteiger partial charge < -0.3 is 15.2 Å². The van der Waals surface area contributed by atoms with Gasteiger partial charge in [0.05, 0.1) is 29.9 Å². The van der Waals surface area contributed by atoms with Crippen LogP contribution in [0.15, 0.2) is 59.7 Å². The van der Waals surface area contributed by atoms with Crippen LogP contribution in [0.5, 0.6) is 0 Å². The minimum atomic E-state index is -1.11. The number of nitrogens with one attached hydrogen (secondary N) is 2. The Kier molecular flexibility index (Phi) is 8.92. The van der Waals surface area contributed by atoms with Gasteiger partial charge in [-0.2, -0.15) is 10.2 Å². The number of aryl methyl sites for hydroxylation is 2. The van der Waals surface area contributed by atoms with Gasteiger partial charge in [-0.05, 0) is 58.2 Å². The van der Waals surface area contributed by atoms with Gasteiger partial charge in [-0.3, -0.25) is 24.0 Å². The highest BCUT2D eigenvalue weighted by molar-refractivity contribution is 5.89. The van der Waals surface area contributed by atoms with Crippen molar-refractivity contribution in [2.75, 3.05) is 13.1 Å². The van der Waals surface area contributed by atoms with Gasteiger partial charge in [0.2, 0.25) is 0 Å². The molecule has 3 N–H and O–H groups in total. The lowest BCUT2D eigenvalue weighted by Gasteiger charge is -2.38. The standard InChI is InChI=1S/C35H41FN8O4/c1-22-16-28(40-39-22)25-10-11-26(27(36)17-25)19-43-14-12-35(47,13-15-43)20-44-21-38-29-30(32(44)45)41-42(5)31(29)24-8-6-23(7-9-24)18-37-33(46)48-34(2,3)4/h6-11,16-17,21,47H,12-15,18-20H2,1-5H3,(H,37,46)(H,39,40). The van der Waals surface area contributed by atoms with Gasteiger partial charge in [0.1, 0.15) is 16.9 Å². The topological polar surface area (TPSA) is 143 Å². The summed E-state index contributed by atoms with van der Waals surface area (Å²) in [7, 11) is 1.76. The maximum absolute atomic E-state index is 15.0. The molecule has 3 aromatic heterocycles. The largest absolute Gasteiger partial charge is 0.444 e. The molecule has 12 nitrogen and oxygen atoms in total. The molecule has 0 aliphatic carbocycles. The van der Waals surface area contributed by atoms with Crippen molar-refractivity contribution in [3.63, 3.8) is 0 Å². The number of carbonyl (C=O) groups excluding carboxylic acids is 1. The molecule has 48 heavy (non-hydrogen) atoms. The van der Waals surface area contributed by atoms with E-state index in [1.807, 2.05) is 64.1 Å². The number of aliphatic hydroxyl groups is 1. The number of benzene rings is 2. The van der Waals surface area contributed by atoms with Crippen LogP contribution in [0.25, 0.3) is 33.5 Å². The van der Waals surface area contributed by atoms with Gasteiger partial charge >= 0.3 is 6.09 Å². The first-order valence-corrected chi connectivity index (χ1v) is 16.0. The molecule has 0 bridgehead atoms. The Morgan fingerprint density at radius 2 is 1.79 bits per heavy atom. The lowest BCUT2D eigenvalue weighted by Crippen LogP contribution is -2.47. The number of amides is 1. The van der Waals surface area contributed by atoms with E-state index in [1.165, 1.54) is 17.0 Å². The number of nitrogens with zero attached hydrogens (tertiary/aromatic N) is 6. The van der Waals surface area contributed by atoms with E-state index in [2.05, 4.69) is 30.5 Å². The van der Waals surface area contributed by atoms with Gasteiger partial charge in [0, 0.05) is 55.6 Å². The minimum absolute atomic E-state index is 0.0833. The highest BCUT2D eigenvalue weighted by Gasteiger charge is 2.34. The Balaban J connectivity index is 1.09. The smallest absolute Gasteiger partial charge is 0.407 e. The predicted octanol–water partition coefficient (Wildman–Crippen LogP) is 4.69. The number of halogens is 1. The first kappa shape index (κ1) is 33.0. The number of ether oxygens (including phenoxy) is 1. The molecule has 5 aromatic rings. The fraction of sp³-hybridized carbons (Fsp3) is 0.400. The summed E-state index contributed by atoms with van der Waals surface area (Å²) in [6.07, 6.45) is 1.83. The highest BCUT2D eigenvalue weighted by Crippen LogP contribution is 2.29. The van der Waals surface area contributed by atoms with E-state index in [0.717, 1.165) is 16.8 Å². The molecule has 4 heterocycles. The lowest BCUT2D eigenvalue weighted by molar-refractivity contribution is -0.0366. The van der Waals surface area contributed by atoms with Crippen molar-refractivity contribution >= 4 is 17.1 Å². The van der Waals surface area contributed by atoms with Gasteiger partial charge in [0.15, 0.2) is 5.52 Å². The van der Waals surface area contributed by atoms with Crippen LogP contribution in [0, 0.1) is 12.7 Å². The van der Waals surface area contributed by atoms with Crippen LogP contribution in [0.4, 0.5) is 9.18 Å². The number of H-pyrrole nitrogens is 1. The number of likely N-dealkylation sites (tertiary alicyclic amines) is 1. The van der Waals surface area contributed by atoms with Crippen LogP contribution >= 0.6 is 0 Å². The SMILES string of the molecule is Cc1cc(-c2ccc(CN3CCC(O)(Cn4cnc5c(-c6ccc(CNC(=O)OC(C)(C)C)cc6)n(C)nc5c4=O)CC3)c(F)c2)n[nH]1. The average molecular weight is 657 g/mol. The predicted molar refractivity (Wildman–Crippen MR) is 179 cm³/mol. The molecule has 0 atom stereocenters. The number of aromatic amines is 1. The third kappa shape index (κ3) is 7.32. The van der Waals surface area contributed by atoms with Gasteiger partial charge in [-0.15, -0.1) is 0 Å². The second-order valence-electron chi connectivity index (χ2n) is 13.6. The summed E-state index contributed by atoms with van der Waals surface area (Å²) in [4.78, 5) is 32.3. The summed E-state index contributed by atoms with van der Waals surface area (Å²) in [6, 6.07) is 14.6. The molecule has 13 heteroatoms. The summed E-state index contributed by atoms with van der Waals surface area (Å²) in [5, 5.41) is 25.8. The van der Waals surface area contributed by atoms with Crippen molar-refractivity contribution < 1.29 is 19.0 Å². The minimum Gasteiger partial charge on any atom is -0.444 e. The maximum atomic E-state index is 15.0. The van der Waals surface area contributed by atoms with Crippen LogP contribution in [-0.2, 0) is 31.4 Å². The Hall–Kier alpha value is -4.88. The third-order valence-electron chi connectivity index (χ3n) is 8.58. The maximum Gasteiger partial charge on any atom is 0.407 e. The van der Waals surface area contributed by atoms with Crippen LogP contribution in [0.3, 0.4) is 0 Å². The van der Waals surface area contributed by atoms with Crippen LogP contribution in [0.2, 0.25) is 0 Å². The first-order chi connectivity index (χ1) is 22.8. The zero-order chi connectivity index (χ0) is 34.2. The normalized spacial score (nSPS) is 15.1. The van der Waals surface area contributed by atoms with Gasteiger partial charge in [-0.25, -0.2) is 14.2 Å². The molecule has 0 spiro atoms. The van der Waals surface area contributed by atoms with Crippen molar-refractivity contribution in [2.45, 2.75) is 71.4 Å². The molecule has 2 aromatic carbocycles. The first-order valence-electron chi connectivity index (χ1n) is 16.0. The van der Waals surface area contributed by atoms with E-state index in [1.54, 1.807) is 17.8 Å². The molecule has 1 saturated heterocycles. The van der Waals surface area contributed by atoms with E-state index in [0.29, 0.717) is 67.1 Å². The number of aromatic nitrogens is 6. The van der Waals surface area contributed by atoms with Crippen molar-refractivity contribution in [2.24, 2.45) is 7.05 Å². The quantitative estimate of drug-likeness (QED) is 0.219. The zero-order valence-electron chi connectivity index (χ0n) is 27.9. The summed E-state index contributed by atoms with van der Waals surface area (Å²) in [6.45, 7) is 9.25. The Bertz CT molecular complexity index is 2000. The van der Waals surface area contributed by atoms with Crippen molar-refractivity contribution in [3.05, 3.63) is 87.9 Å². The number of hydrogen-bond acceptors (Lipinski definition) is 8. The Morgan fingerprint density at radius 3 is 2.44 bits per heavy atom. The molecule has 0 radical (unpaired) electrons. The van der Waals surface area contributed by atoms with Crippen LogP contribution < -0.4 is 10.9 Å². The number of hydrogen-bond donors (Lipinski definition) is 3. The molecule has 1 fully saturated rings. The molecular weight excluding hydrogens is 615 g/mol. The van der Waals surface area contributed by atoms with Crippen molar-refractivity contribution in [3.8, 4) is 22.5 Å². The number of alkyl carbamates (subject to hydrolysis) is 1. The molecule has 1 aliphatic rings. The van der Waals surface area contributed by atoms with Crippen LogP contribution in [0.1, 0.15) is 50.4 Å². The van der Waals surface area contributed by atoms with Crippen LogP contribution in [-0.4, -0.2) is 69.9 Å². The lowest BCUT2D eigenvalue weighted by atomic mass is 9.91. The Morgan fingerprint density at radius 1 is 1.08 bits per heavy atom. The summed E-state index contributed by atoms with van der Waals surface area (Å²) in [5.74, 6) is -0.291. The zero-order valence-corrected chi connectivity index (χ0v) is 27.9. The number of piperidine rings is 1. The number of rotatable bonds is 8. The fourth-order valence-electron chi connectivity index (χ4n) is 6.04. The molecule has 6 rings (SSSR count). The van der Waals surface area contributed by atoms with Gasteiger partial charge in [0.25, 0.3) is 5.56 Å². The molecular formula is C35H41FN8O4. The highest BCUT2D eigenvalue weighted by atomic mass is 19.1. The molecule has 252 valence electrons. The average Bonchev–Trinajstić information content (AvgIpc) is 3.62.